The zero-order valence-corrected chi connectivity index (χ0v) is 8.05. The zero-order valence-electron chi connectivity index (χ0n) is 8.05. The molecule has 2 aliphatic rings. The minimum Gasteiger partial charge on any atom is -0.324 e. The Kier molecular flexibility index (Phi) is 2.13. The summed E-state index contributed by atoms with van der Waals surface area (Å²) in [5.74, 6) is 0. The highest BCUT2D eigenvalue weighted by Gasteiger charge is 2.38. The van der Waals surface area contributed by atoms with E-state index in [1.54, 1.807) is 0 Å². The van der Waals surface area contributed by atoms with Gasteiger partial charge in [0.25, 0.3) is 0 Å². The molecule has 0 unspecified atom stereocenters. The van der Waals surface area contributed by atoms with Gasteiger partial charge in [-0.2, -0.15) is 0 Å². The fraction of sp³-hybridized carbons (Fsp3) is 1.00. The molecule has 0 aromatic rings. The molecule has 0 aromatic heterocycles. The summed E-state index contributed by atoms with van der Waals surface area (Å²) in [6, 6.07) is 0.885. The van der Waals surface area contributed by atoms with Gasteiger partial charge in [0.05, 0.1) is 0 Å². The Morgan fingerprint density at radius 1 is 1.42 bits per heavy atom. The molecule has 2 fully saturated rings. The fourth-order valence-corrected chi connectivity index (χ4v) is 2.13. The molecule has 0 saturated heterocycles. The largest absolute Gasteiger partial charge is 0.324 e. The molecular formula is C10H20N2. The molecule has 12 heavy (non-hydrogen) atoms. The second-order valence-electron chi connectivity index (χ2n) is 4.51. The van der Waals surface area contributed by atoms with Crippen molar-refractivity contribution in [3.05, 3.63) is 0 Å². The molecular weight excluding hydrogens is 148 g/mol. The molecule has 2 N–H and O–H groups in total. The molecule has 2 rings (SSSR count). The first-order valence-corrected chi connectivity index (χ1v) is 5.26. The number of likely N-dealkylation sites (N-methyl/N-ethyl adjacent to an activating group) is 1. The van der Waals surface area contributed by atoms with Gasteiger partial charge in [-0.05, 0) is 38.6 Å². The van der Waals surface area contributed by atoms with Crippen LogP contribution in [-0.2, 0) is 0 Å². The summed E-state index contributed by atoms with van der Waals surface area (Å²) in [5, 5.41) is 0. The monoisotopic (exact) mass is 168 g/mol. The lowest BCUT2D eigenvalue weighted by Crippen LogP contribution is -2.55. The van der Waals surface area contributed by atoms with Gasteiger partial charge in [0.2, 0.25) is 0 Å². The molecule has 0 aromatic carbocycles. The zero-order chi connectivity index (χ0) is 8.60. The van der Waals surface area contributed by atoms with Crippen LogP contribution in [0.4, 0.5) is 0 Å². The summed E-state index contributed by atoms with van der Waals surface area (Å²) < 4.78 is 0. The first kappa shape index (κ1) is 8.52. The molecule has 70 valence electrons. The van der Waals surface area contributed by atoms with Gasteiger partial charge >= 0.3 is 0 Å². The lowest BCUT2D eigenvalue weighted by atomic mass is 9.77. The molecule has 0 heterocycles. The van der Waals surface area contributed by atoms with Crippen LogP contribution in [0.2, 0.25) is 0 Å². The first-order chi connectivity index (χ1) is 5.73. The van der Waals surface area contributed by atoms with Gasteiger partial charge < -0.3 is 5.73 Å². The number of hydrogen-bond donors (Lipinski definition) is 1. The highest BCUT2D eigenvalue weighted by atomic mass is 15.2. The summed E-state index contributed by atoms with van der Waals surface area (Å²) in [7, 11) is 0. The molecule has 2 nitrogen and oxygen atoms in total. The van der Waals surface area contributed by atoms with Crippen LogP contribution in [0, 0.1) is 0 Å². The van der Waals surface area contributed by atoms with Gasteiger partial charge in [-0.15, -0.1) is 0 Å². The van der Waals surface area contributed by atoms with Crippen LogP contribution in [0.5, 0.6) is 0 Å². The van der Waals surface area contributed by atoms with Crippen LogP contribution in [0.25, 0.3) is 0 Å². The molecule has 2 saturated carbocycles. The van der Waals surface area contributed by atoms with Crippen LogP contribution >= 0.6 is 0 Å². The number of rotatable bonds is 4. The molecule has 0 amide bonds. The SMILES string of the molecule is CCN(CC1(N)CCC1)C1CC1. The average Bonchev–Trinajstić information content (AvgIpc) is 2.79. The normalized spacial score (nSPS) is 27.2. The highest BCUT2D eigenvalue weighted by Crippen LogP contribution is 2.34. The summed E-state index contributed by atoms with van der Waals surface area (Å²) in [6.45, 7) is 4.58. The van der Waals surface area contributed by atoms with Crippen molar-refractivity contribution >= 4 is 0 Å². The van der Waals surface area contributed by atoms with Crippen molar-refractivity contribution in [3.8, 4) is 0 Å². The molecule has 0 spiro atoms. The quantitative estimate of drug-likeness (QED) is 0.686. The van der Waals surface area contributed by atoms with Crippen molar-refractivity contribution in [2.24, 2.45) is 5.73 Å². The maximum atomic E-state index is 6.20. The number of nitrogens with two attached hydrogens (primary N) is 1. The highest BCUT2D eigenvalue weighted by molar-refractivity contribution is 4.98. The Bertz CT molecular complexity index is 159. The van der Waals surface area contributed by atoms with Crippen molar-refractivity contribution < 1.29 is 0 Å². The van der Waals surface area contributed by atoms with Gasteiger partial charge in [-0.1, -0.05) is 6.92 Å². The van der Waals surface area contributed by atoms with Crippen LogP contribution in [0.1, 0.15) is 39.0 Å². The summed E-state index contributed by atoms with van der Waals surface area (Å²) >= 11 is 0. The summed E-state index contributed by atoms with van der Waals surface area (Å²) in [4.78, 5) is 2.57. The van der Waals surface area contributed by atoms with Crippen LogP contribution in [0.3, 0.4) is 0 Å². The van der Waals surface area contributed by atoms with E-state index in [9.17, 15) is 0 Å². The second-order valence-corrected chi connectivity index (χ2v) is 4.51. The van der Waals surface area contributed by atoms with E-state index in [0.29, 0.717) is 0 Å². The predicted octanol–water partition coefficient (Wildman–Crippen LogP) is 1.35. The summed E-state index contributed by atoms with van der Waals surface area (Å²) in [5.41, 5.74) is 6.40. The van der Waals surface area contributed by atoms with E-state index in [1.807, 2.05) is 0 Å². The molecule has 0 atom stereocenters. The van der Waals surface area contributed by atoms with Gasteiger partial charge in [0.15, 0.2) is 0 Å². The Labute approximate surface area is 75.1 Å². The third-order valence-corrected chi connectivity index (χ3v) is 3.34. The van der Waals surface area contributed by atoms with E-state index >= 15 is 0 Å². The average molecular weight is 168 g/mol. The Balaban J connectivity index is 1.82. The van der Waals surface area contributed by atoms with Crippen LogP contribution < -0.4 is 5.73 Å². The fourth-order valence-electron chi connectivity index (χ4n) is 2.13. The Morgan fingerprint density at radius 3 is 2.42 bits per heavy atom. The van der Waals surface area contributed by atoms with Crippen molar-refractivity contribution in [2.45, 2.75) is 50.6 Å². The van der Waals surface area contributed by atoms with E-state index in [0.717, 1.165) is 12.6 Å². The number of hydrogen-bond acceptors (Lipinski definition) is 2. The van der Waals surface area contributed by atoms with Crippen molar-refractivity contribution in [2.75, 3.05) is 13.1 Å². The lowest BCUT2D eigenvalue weighted by molar-refractivity contribution is 0.143. The van der Waals surface area contributed by atoms with Crippen molar-refractivity contribution in [1.29, 1.82) is 0 Å². The van der Waals surface area contributed by atoms with E-state index in [4.69, 9.17) is 5.73 Å². The molecule has 2 heteroatoms. The molecule has 2 aliphatic carbocycles. The van der Waals surface area contributed by atoms with E-state index < -0.39 is 0 Å². The van der Waals surface area contributed by atoms with Crippen LogP contribution in [0.15, 0.2) is 0 Å². The predicted molar refractivity (Wildman–Crippen MR) is 51.0 cm³/mol. The minimum absolute atomic E-state index is 0.193. The second kappa shape index (κ2) is 3.00. The third kappa shape index (κ3) is 1.64. The van der Waals surface area contributed by atoms with Gasteiger partial charge in [0, 0.05) is 18.1 Å². The third-order valence-electron chi connectivity index (χ3n) is 3.34. The smallest absolute Gasteiger partial charge is 0.0283 e. The lowest BCUT2D eigenvalue weighted by Gasteiger charge is -2.42. The standard InChI is InChI=1S/C10H20N2/c1-2-12(9-4-5-9)8-10(11)6-3-7-10/h9H,2-8,11H2,1H3. The topological polar surface area (TPSA) is 29.3 Å². The van der Waals surface area contributed by atoms with Crippen molar-refractivity contribution in [1.82, 2.24) is 4.90 Å². The van der Waals surface area contributed by atoms with E-state index in [1.165, 1.54) is 38.6 Å². The number of nitrogens with zero attached hydrogens (tertiary/aromatic N) is 1. The minimum atomic E-state index is 0.193. The maximum Gasteiger partial charge on any atom is 0.0283 e. The molecule has 0 aliphatic heterocycles. The van der Waals surface area contributed by atoms with E-state index in [2.05, 4.69) is 11.8 Å². The maximum absolute atomic E-state index is 6.20. The molecule has 0 bridgehead atoms. The summed E-state index contributed by atoms with van der Waals surface area (Å²) in [6.07, 6.45) is 6.65. The van der Waals surface area contributed by atoms with Gasteiger partial charge in [-0.3, -0.25) is 4.90 Å². The Hall–Kier alpha value is -0.0800. The first-order valence-electron chi connectivity index (χ1n) is 5.26. The van der Waals surface area contributed by atoms with Crippen molar-refractivity contribution in [3.63, 3.8) is 0 Å². The van der Waals surface area contributed by atoms with E-state index in [-0.39, 0.29) is 5.54 Å². The van der Waals surface area contributed by atoms with Gasteiger partial charge in [0.1, 0.15) is 0 Å². The Morgan fingerprint density at radius 2 is 2.08 bits per heavy atom. The van der Waals surface area contributed by atoms with Gasteiger partial charge in [-0.25, -0.2) is 0 Å². The molecule has 0 radical (unpaired) electrons. The van der Waals surface area contributed by atoms with Crippen LogP contribution in [-0.4, -0.2) is 29.6 Å².